The lowest BCUT2D eigenvalue weighted by atomic mass is 10.0. The van der Waals surface area contributed by atoms with E-state index in [2.05, 4.69) is 5.32 Å². The summed E-state index contributed by atoms with van der Waals surface area (Å²) < 4.78 is 0. The van der Waals surface area contributed by atoms with Crippen molar-refractivity contribution in [3.05, 3.63) is 70.2 Å². The molecule has 0 saturated heterocycles. The minimum Gasteiger partial charge on any atom is -0.358 e. The molecule has 0 unspecified atom stereocenters. The number of halogens is 1. The van der Waals surface area contributed by atoms with Gasteiger partial charge in [-0.25, -0.2) is 4.98 Å². The summed E-state index contributed by atoms with van der Waals surface area (Å²) in [6.45, 7) is 0.115. The first-order valence-corrected chi connectivity index (χ1v) is 10.3. The van der Waals surface area contributed by atoms with E-state index in [1.54, 1.807) is 25.1 Å². The molecule has 2 amide bonds. The van der Waals surface area contributed by atoms with Crippen LogP contribution in [0.1, 0.15) is 22.2 Å². The molecule has 0 aliphatic carbocycles. The lowest BCUT2D eigenvalue weighted by molar-refractivity contribution is -0.119. The number of hydrogen-bond acceptors (Lipinski definition) is 5. The molecule has 0 radical (unpaired) electrons. The lowest BCUT2D eigenvalue weighted by Gasteiger charge is -2.42. The SMILES string of the molecule is CNC(=O)CN1c2ccccc2C(=O)N(C)[C@H]1c1csc(-c2ccc(Cl)cc2)n1. The Labute approximate surface area is 177 Å². The van der Waals surface area contributed by atoms with E-state index in [0.717, 1.165) is 16.3 Å². The molecule has 1 aromatic heterocycles. The fourth-order valence-corrected chi connectivity index (χ4v) is 4.40. The molecule has 1 aliphatic rings. The highest BCUT2D eigenvalue weighted by molar-refractivity contribution is 7.13. The summed E-state index contributed by atoms with van der Waals surface area (Å²) in [5.74, 6) is -0.236. The van der Waals surface area contributed by atoms with Crippen LogP contribution in [0.5, 0.6) is 0 Å². The number of aromatic nitrogens is 1. The first-order valence-electron chi connectivity index (χ1n) is 9.04. The van der Waals surface area contributed by atoms with Crippen molar-refractivity contribution in [2.24, 2.45) is 0 Å². The second-order valence-corrected chi connectivity index (χ2v) is 7.99. The molecular weight excluding hydrogens is 408 g/mol. The molecule has 1 atom stereocenters. The quantitative estimate of drug-likeness (QED) is 0.689. The van der Waals surface area contributed by atoms with Gasteiger partial charge in [-0.15, -0.1) is 11.3 Å². The van der Waals surface area contributed by atoms with Gasteiger partial charge >= 0.3 is 0 Å². The Bertz CT molecular complexity index is 1070. The number of nitrogens with one attached hydrogen (secondary N) is 1. The van der Waals surface area contributed by atoms with Crippen molar-refractivity contribution in [2.45, 2.75) is 6.17 Å². The van der Waals surface area contributed by atoms with E-state index in [-0.39, 0.29) is 18.4 Å². The Balaban J connectivity index is 1.77. The first-order chi connectivity index (χ1) is 14.0. The van der Waals surface area contributed by atoms with Crippen LogP contribution in [0.15, 0.2) is 53.9 Å². The van der Waals surface area contributed by atoms with Crippen LogP contribution in [0.2, 0.25) is 5.02 Å². The Kier molecular flexibility index (Phi) is 5.25. The third kappa shape index (κ3) is 3.59. The van der Waals surface area contributed by atoms with Gasteiger partial charge in [0.1, 0.15) is 11.2 Å². The highest BCUT2D eigenvalue weighted by Gasteiger charge is 2.38. The number of nitrogens with zero attached hydrogens (tertiary/aromatic N) is 3. The highest BCUT2D eigenvalue weighted by atomic mass is 35.5. The smallest absolute Gasteiger partial charge is 0.257 e. The van der Waals surface area contributed by atoms with Crippen LogP contribution in [0.3, 0.4) is 0 Å². The van der Waals surface area contributed by atoms with E-state index in [0.29, 0.717) is 16.3 Å². The fraction of sp³-hybridized carbons (Fsp3) is 0.190. The van der Waals surface area contributed by atoms with Crippen LogP contribution in [-0.4, -0.2) is 42.3 Å². The molecule has 0 bridgehead atoms. The van der Waals surface area contributed by atoms with Crippen LogP contribution in [0.25, 0.3) is 10.6 Å². The number of carbonyl (C=O) groups excluding carboxylic acids is 2. The van der Waals surface area contributed by atoms with Gasteiger partial charge in [0.05, 0.1) is 23.5 Å². The number of fused-ring (bicyclic) bond motifs is 1. The van der Waals surface area contributed by atoms with Crippen molar-refractivity contribution in [3.63, 3.8) is 0 Å². The van der Waals surface area contributed by atoms with Gasteiger partial charge in [-0.05, 0) is 24.3 Å². The predicted octanol–water partition coefficient (Wildman–Crippen LogP) is 3.80. The van der Waals surface area contributed by atoms with Crippen molar-refractivity contribution < 1.29 is 9.59 Å². The average Bonchev–Trinajstić information content (AvgIpc) is 3.22. The molecule has 0 fully saturated rings. The maximum atomic E-state index is 13.0. The van der Waals surface area contributed by atoms with Gasteiger partial charge in [-0.2, -0.15) is 0 Å². The summed E-state index contributed by atoms with van der Waals surface area (Å²) in [5, 5.41) is 6.09. The number of hydrogen-bond donors (Lipinski definition) is 1. The van der Waals surface area contributed by atoms with Crippen LogP contribution in [-0.2, 0) is 4.79 Å². The minimum atomic E-state index is -0.480. The summed E-state index contributed by atoms with van der Waals surface area (Å²) in [6, 6.07) is 14.8. The van der Waals surface area contributed by atoms with E-state index in [4.69, 9.17) is 16.6 Å². The fourth-order valence-electron chi connectivity index (χ4n) is 3.44. The number of benzene rings is 2. The average molecular weight is 427 g/mol. The van der Waals surface area contributed by atoms with Crippen LogP contribution >= 0.6 is 22.9 Å². The summed E-state index contributed by atoms with van der Waals surface area (Å²) in [6.07, 6.45) is -0.480. The van der Waals surface area contributed by atoms with Gasteiger partial charge in [-0.1, -0.05) is 35.9 Å². The molecule has 2 aromatic carbocycles. The minimum absolute atomic E-state index is 0.0974. The number of carbonyl (C=O) groups is 2. The van der Waals surface area contributed by atoms with Crippen molar-refractivity contribution in [1.29, 1.82) is 0 Å². The number of rotatable bonds is 4. The molecule has 2 heterocycles. The van der Waals surface area contributed by atoms with E-state index in [1.807, 2.05) is 52.7 Å². The van der Waals surface area contributed by atoms with E-state index < -0.39 is 6.17 Å². The molecule has 0 spiro atoms. The molecule has 148 valence electrons. The van der Waals surface area contributed by atoms with Crippen LogP contribution in [0.4, 0.5) is 5.69 Å². The van der Waals surface area contributed by atoms with Crippen molar-refractivity contribution >= 4 is 40.4 Å². The van der Waals surface area contributed by atoms with E-state index >= 15 is 0 Å². The van der Waals surface area contributed by atoms with E-state index in [1.165, 1.54) is 11.3 Å². The summed E-state index contributed by atoms with van der Waals surface area (Å²) >= 11 is 7.48. The van der Waals surface area contributed by atoms with Gasteiger partial charge < -0.3 is 15.1 Å². The monoisotopic (exact) mass is 426 g/mol. The molecule has 8 heteroatoms. The normalized spacial score (nSPS) is 16.0. The van der Waals surface area contributed by atoms with Crippen molar-refractivity contribution in [3.8, 4) is 10.6 Å². The van der Waals surface area contributed by atoms with E-state index in [9.17, 15) is 9.59 Å². The van der Waals surface area contributed by atoms with Gasteiger partial charge in [0.2, 0.25) is 5.91 Å². The second-order valence-electron chi connectivity index (χ2n) is 6.69. The number of anilines is 1. The zero-order valence-corrected chi connectivity index (χ0v) is 17.5. The topological polar surface area (TPSA) is 65.5 Å². The number of amides is 2. The summed E-state index contributed by atoms with van der Waals surface area (Å²) in [5.41, 5.74) is 2.97. The summed E-state index contributed by atoms with van der Waals surface area (Å²) in [4.78, 5) is 33.5. The third-order valence-corrected chi connectivity index (χ3v) is 6.06. The maximum absolute atomic E-state index is 13.0. The molecular formula is C21H19ClN4O2S. The molecule has 6 nitrogen and oxygen atoms in total. The number of thiazole rings is 1. The third-order valence-electron chi connectivity index (χ3n) is 4.90. The Morgan fingerprint density at radius 1 is 1.21 bits per heavy atom. The van der Waals surface area contributed by atoms with Crippen molar-refractivity contribution in [1.82, 2.24) is 15.2 Å². The number of likely N-dealkylation sites (N-methyl/N-ethyl adjacent to an activating group) is 1. The van der Waals surface area contributed by atoms with Crippen LogP contribution in [0, 0.1) is 0 Å². The standard InChI is InChI=1S/C21H19ClN4O2S/c1-23-18(27)11-26-17-6-4-3-5-15(17)21(28)25(2)20(26)16-12-29-19(24-16)13-7-9-14(22)10-8-13/h3-10,12,20H,11H2,1-2H3,(H,23,27)/t20-/m1/s1. The zero-order chi connectivity index (χ0) is 20.5. The van der Waals surface area contributed by atoms with Crippen molar-refractivity contribution in [2.75, 3.05) is 25.5 Å². The molecule has 0 saturated carbocycles. The number of para-hydroxylation sites is 1. The molecule has 29 heavy (non-hydrogen) atoms. The maximum Gasteiger partial charge on any atom is 0.257 e. The largest absolute Gasteiger partial charge is 0.358 e. The van der Waals surface area contributed by atoms with Gasteiger partial charge in [-0.3, -0.25) is 9.59 Å². The molecule has 1 aliphatic heterocycles. The molecule has 1 N–H and O–H groups in total. The predicted molar refractivity (Wildman–Crippen MR) is 115 cm³/mol. The summed E-state index contributed by atoms with van der Waals surface area (Å²) in [7, 11) is 3.34. The first kappa shape index (κ1) is 19.4. The van der Waals surface area contributed by atoms with Gasteiger partial charge in [0.15, 0.2) is 0 Å². The highest BCUT2D eigenvalue weighted by Crippen LogP contribution is 2.39. The second kappa shape index (κ2) is 7.85. The Morgan fingerprint density at radius 2 is 1.93 bits per heavy atom. The molecule has 3 aromatic rings. The zero-order valence-electron chi connectivity index (χ0n) is 15.9. The molecule has 4 rings (SSSR count). The van der Waals surface area contributed by atoms with Gasteiger partial charge in [0, 0.05) is 30.1 Å². The van der Waals surface area contributed by atoms with Crippen LogP contribution < -0.4 is 10.2 Å². The lowest BCUT2D eigenvalue weighted by Crippen LogP contribution is -2.50. The Hall–Kier alpha value is -2.90. The Morgan fingerprint density at radius 3 is 2.66 bits per heavy atom. The van der Waals surface area contributed by atoms with Gasteiger partial charge in [0.25, 0.3) is 5.91 Å².